The first-order valence-corrected chi connectivity index (χ1v) is 25.8. The minimum atomic E-state index is -4.55. The van der Waals surface area contributed by atoms with Gasteiger partial charge in [-0.1, -0.05) is 176 Å². The fourth-order valence-electron chi connectivity index (χ4n) is 6.20. The lowest BCUT2D eigenvalue weighted by atomic mass is 10.1. The Morgan fingerprint density at radius 1 is 0.525 bits per heavy atom. The number of phosphoric acid groups is 1. The summed E-state index contributed by atoms with van der Waals surface area (Å²) in [5, 5.41) is 0. The van der Waals surface area contributed by atoms with Gasteiger partial charge in [0.2, 0.25) is 0 Å². The van der Waals surface area contributed by atoms with Gasteiger partial charge in [0, 0.05) is 13.0 Å². The Hall–Kier alpha value is -2.32. The summed E-state index contributed by atoms with van der Waals surface area (Å²) in [4.78, 5) is 25.1. The number of esters is 1. The van der Waals surface area contributed by atoms with Crippen molar-refractivity contribution in [1.29, 1.82) is 0 Å². The number of phosphoric ester groups is 1. The van der Waals surface area contributed by atoms with Crippen LogP contribution in [-0.4, -0.2) is 70.7 Å². The maximum atomic E-state index is 12.7. The molecule has 0 saturated carbocycles. The third-order valence-electron chi connectivity index (χ3n) is 9.93. The molecule has 352 valence electrons. The van der Waals surface area contributed by atoms with Crippen molar-refractivity contribution in [3.8, 4) is 0 Å². The molecule has 0 saturated heterocycles. The van der Waals surface area contributed by atoms with Crippen LogP contribution >= 0.6 is 7.82 Å². The molecule has 0 heterocycles. The summed E-state index contributed by atoms with van der Waals surface area (Å²) in [6.45, 7) is 5.12. The molecule has 0 N–H and O–H groups in total. The molecule has 0 rings (SSSR count). The number of carbonyl (C=O) groups is 1. The molecule has 2 unspecified atom stereocenters. The molecule has 0 aromatic heterocycles. The smallest absolute Gasteiger partial charge is 0.306 e. The second-order valence-electron chi connectivity index (χ2n) is 17.1. The Kier molecular flexibility index (Phi) is 42.6. The van der Waals surface area contributed by atoms with E-state index in [9.17, 15) is 14.3 Å². The van der Waals surface area contributed by atoms with Crippen molar-refractivity contribution in [2.45, 2.75) is 187 Å². The van der Waals surface area contributed by atoms with Gasteiger partial charge < -0.3 is 27.9 Å². The van der Waals surface area contributed by atoms with E-state index in [1.54, 1.807) is 0 Å². The van der Waals surface area contributed by atoms with Gasteiger partial charge in [-0.05, 0) is 83.5 Å². The monoisotopic (exact) mass is 874 g/mol. The number of carbonyl (C=O) groups excluding carboxylic acids is 1. The molecule has 2 atom stereocenters. The van der Waals surface area contributed by atoms with E-state index in [4.69, 9.17) is 18.5 Å². The molecule has 0 aromatic carbocycles. The summed E-state index contributed by atoms with van der Waals surface area (Å²) < 4.78 is 34.6. The van der Waals surface area contributed by atoms with Crippen LogP contribution < -0.4 is 4.89 Å². The third kappa shape index (κ3) is 48.6. The minimum absolute atomic E-state index is 0.0107. The Balaban J connectivity index is 4.30. The number of allylic oxidation sites excluding steroid dienone is 14. The first-order chi connectivity index (χ1) is 29.6. The lowest BCUT2D eigenvalue weighted by Gasteiger charge is -2.28. The zero-order chi connectivity index (χ0) is 44.8. The van der Waals surface area contributed by atoms with Crippen LogP contribution in [0.2, 0.25) is 0 Å². The molecule has 0 spiro atoms. The summed E-state index contributed by atoms with van der Waals surface area (Å²) in [5.74, 6) is -0.358. The van der Waals surface area contributed by atoms with E-state index in [0.717, 1.165) is 70.6 Å². The van der Waals surface area contributed by atoms with Crippen molar-refractivity contribution in [3.05, 3.63) is 85.1 Å². The highest BCUT2D eigenvalue weighted by Gasteiger charge is 2.20. The molecule has 0 aliphatic carbocycles. The lowest BCUT2D eigenvalue weighted by molar-refractivity contribution is -0.870. The largest absolute Gasteiger partial charge is 0.756 e. The molecule has 0 bridgehead atoms. The van der Waals surface area contributed by atoms with Crippen LogP contribution in [0.1, 0.15) is 181 Å². The first kappa shape index (κ1) is 58.7. The van der Waals surface area contributed by atoms with Crippen LogP contribution in [-0.2, 0) is 27.9 Å². The molecule has 0 aliphatic heterocycles. The van der Waals surface area contributed by atoms with Gasteiger partial charge in [-0.15, -0.1) is 0 Å². The first-order valence-electron chi connectivity index (χ1n) is 24.3. The van der Waals surface area contributed by atoms with Crippen LogP contribution in [0.15, 0.2) is 85.1 Å². The standard InChI is InChI=1S/C52H92NO7P/c1-6-8-10-12-14-16-18-20-22-24-26-28-30-32-34-36-38-40-42-44-47-57-49-51(50-59-61(55,56)58-48-46-53(3,4)5)60-52(54)45-43-41-39-37-35-33-31-29-27-25-23-21-19-17-15-13-11-9-7-2/h8,10,14,16,20-23,26,28,32,34,38,40,51H,6-7,9,11-13,15,17-19,24-25,27,29-31,33,35-37,39,41-50H2,1-5H3/b10-8-,16-14-,22-20-,23-21-,28-26-,34-32-,40-38-. The molecule has 61 heavy (non-hydrogen) atoms. The molecule has 0 fully saturated rings. The summed E-state index contributed by atoms with van der Waals surface area (Å²) >= 11 is 0. The molecular weight excluding hydrogens is 782 g/mol. The van der Waals surface area contributed by atoms with Gasteiger partial charge in [0.05, 0.1) is 34.4 Å². The van der Waals surface area contributed by atoms with Gasteiger partial charge in [0.25, 0.3) is 7.82 Å². The molecule has 0 amide bonds. The van der Waals surface area contributed by atoms with E-state index < -0.39 is 13.9 Å². The number of quaternary nitrogens is 1. The maximum Gasteiger partial charge on any atom is 0.306 e. The summed E-state index contributed by atoms with van der Waals surface area (Å²) in [6.07, 6.45) is 59.0. The van der Waals surface area contributed by atoms with Crippen molar-refractivity contribution in [2.75, 3.05) is 54.1 Å². The average molecular weight is 874 g/mol. The topological polar surface area (TPSA) is 94.1 Å². The highest BCUT2D eigenvalue weighted by atomic mass is 31.2. The van der Waals surface area contributed by atoms with Crippen LogP contribution in [0.25, 0.3) is 0 Å². The Labute approximate surface area is 375 Å². The van der Waals surface area contributed by atoms with Gasteiger partial charge in [0.1, 0.15) is 19.3 Å². The van der Waals surface area contributed by atoms with E-state index in [1.165, 1.54) is 89.9 Å². The van der Waals surface area contributed by atoms with Gasteiger partial charge in [-0.25, -0.2) is 0 Å². The van der Waals surface area contributed by atoms with Gasteiger partial charge >= 0.3 is 5.97 Å². The van der Waals surface area contributed by atoms with E-state index in [0.29, 0.717) is 24.1 Å². The number of unbranched alkanes of at least 4 members (excludes halogenated alkanes) is 16. The second kappa shape index (κ2) is 44.3. The fourth-order valence-corrected chi connectivity index (χ4v) is 6.93. The summed E-state index contributed by atoms with van der Waals surface area (Å²) in [6, 6.07) is 0. The predicted octanol–water partition coefficient (Wildman–Crippen LogP) is 14.2. The van der Waals surface area contributed by atoms with Gasteiger partial charge in [-0.2, -0.15) is 0 Å². The van der Waals surface area contributed by atoms with Crippen LogP contribution in [0.3, 0.4) is 0 Å². The zero-order valence-corrected chi connectivity index (χ0v) is 40.7. The Morgan fingerprint density at radius 3 is 1.44 bits per heavy atom. The maximum absolute atomic E-state index is 12.7. The van der Waals surface area contributed by atoms with Crippen molar-refractivity contribution in [3.63, 3.8) is 0 Å². The van der Waals surface area contributed by atoms with E-state index in [1.807, 2.05) is 21.1 Å². The van der Waals surface area contributed by atoms with Crippen molar-refractivity contribution in [1.82, 2.24) is 0 Å². The number of likely N-dealkylation sites (N-methyl/N-ethyl adjacent to an activating group) is 1. The van der Waals surface area contributed by atoms with E-state index >= 15 is 0 Å². The highest BCUT2D eigenvalue weighted by Crippen LogP contribution is 2.38. The predicted molar refractivity (Wildman–Crippen MR) is 258 cm³/mol. The van der Waals surface area contributed by atoms with Crippen molar-refractivity contribution >= 4 is 13.8 Å². The van der Waals surface area contributed by atoms with Crippen LogP contribution in [0.5, 0.6) is 0 Å². The van der Waals surface area contributed by atoms with Crippen molar-refractivity contribution < 1.29 is 37.3 Å². The summed E-state index contributed by atoms with van der Waals surface area (Å²) in [5.41, 5.74) is 0. The average Bonchev–Trinajstić information content (AvgIpc) is 3.22. The normalized spacial score (nSPS) is 14.4. The molecule has 0 aliphatic rings. The number of nitrogens with zero attached hydrogens (tertiary/aromatic N) is 1. The molecular formula is C52H92NO7P. The van der Waals surface area contributed by atoms with Crippen LogP contribution in [0.4, 0.5) is 0 Å². The lowest BCUT2D eigenvalue weighted by Crippen LogP contribution is -2.37. The molecule has 0 aromatic rings. The van der Waals surface area contributed by atoms with Crippen LogP contribution in [0, 0.1) is 0 Å². The second-order valence-corrected chi connectivity index (χ2v) is 18.5. The summed E-state index contributed by atoms with van der Waals surface area (Å²) in [7, 11) is 1.31. The minimum Gasteiger partial charge on any atom is -0.756 e. The Bertz CT molecular complexity index is 1250. The van der Waals surface area contributed by atoms with E-state index in [2.05, 4.69) is 98.9 Å². The van der Waals surface area contributed by atoms with Crippen molar-refractivity contribution in [2.24, 2.45) is 0 Å². The highest BCUT2D eigenvalue weighted by molar-refractivity contribution is 7.45. The molecule has 8 nitrogen and oxygen atoms in total. The van der Waals surface area contributed by atoms with E-state index in [-0.39, 0.29) is 25.8 Å². The third-order valence-corrected chi connectivity index (χ3v) is 10.9. The number of ether oxygens (including phenoxy) is 2. The van der Waals surface area contributed by atoms with Gasteiger partial charge in [0.15, 0.2) is 0 Å². The Morgan fingerprint density at radius 2 is 0.951 bits per heavy atom. The number of rotatable bonds is 44. The quantitative estimate of drug-likeness (QED) is 0.0198. The number of hydrogen-bond donors (Lipinski definition) is 0. The number of hydrogen-bond acceptors (Lipinski definition) is 7. The van der Waals surface area contributed by atoms with Gasteiger partial charge in [-0.3, -0.25) is 9.36 Å². The SMILES string of the molecule is CC/C=C\C/C=C\C/C=C\C/C=C\C/C=C\C/C=C\CCCOCC(COP(=O)([O-])OCC[N+](C)(C)C)OC(=O)CCCCCCCCCCC/C=C\CCCCCCCC. The fraction of sp³-hybridized carbons (Fsp3) is 0.712. The zero-order valence-electron chi connectivity index (χ0n) is 39.8. The molecule has 0 radical (unpaired) electrons. The molecule has 9 heteroatoms.